The molecule has 2 aromatic carbocycles. The second-order valence-corrected chi connectivity index (χ2v) is 7.86. The quantitative estimate of drug-likeness (QED) is 0.478. The maximum Gasteiger partial charge on any atom is 0.573 e. The number of hydrogen-bond acceptors (Lipinski definition) is 7. The van der Waals surface area contributed by atoms with E-state index in [2.05, 4.69) is 25.3 Å². The van der Waals surface area contributed by atoms with Crippen LogP contribution in [0.3, 0.4) is 0 Å². The molecule has 2 N–H and O–H groups in total. The second-order valence-electron chi connectivity index (χ2n) is 7.86. The maximum absolute atomic E-state index is 12.7. The highest BCUT2D eigenvalue weighted by Crippen LogP contribution is 2.36. The molecule has 1 aliphatic carbocycles. The molecule has 2 heterocycles. The van der Waals surface area contributed by atoms with Gasteiger partial charge in [0.1, 0.15) is 11.6 Å². The van der Waals surface area contributed by atoms with Gasteiger partial charge in [-0.15, -0.1) is 13.2 Å². The summed E-state index contributed by atoms with van der Waals surface area (Å²) in [6.45, 7) is 0.169. The maximum atomic E-state index is 12.7. The van der Waals surface area contributed by atoms with Gasteiger partial charge < -0.3 is 24.8 Å². The Labute approximate surface area is 187 Å². The lowest BCUT2D eigenvalue weighted by molar-refractivity contribution is -0.274. The first-order valence-electron chi connectivity index (χ1n) is 10.6. The minimum absolute atomic E-state index is 0.169. The van der Waals surface area contributed by atoms with Gasteiger partial charge in [0.25, 0.3) is 0 Å². The Morgan fingerprint density at radius 2 is 1.76 bits per heavy atom. The van der Waals surface area contributed by atoms with Gasteiger partial charge in [0.05, 0.1) is 5.69 Å². The number of alkyl halides is 3. The summed E-state index contributed by atoms with van der Waals surface area (Å²) in [6.07, 6.45) is -0.459. The lowest BCUT2D eigenvalue weighted by atomic mass is 10.1. The topological polar surface area (TPSA) is 77.5 Å². The van der Waals surface area contributed by atoms with Crippen molar-refractivity contribution in [3.8, 4) is 28.5 Å². The zero-order valence-electron chi connectivity index (χ0n) is 17.5. The Hall–Kier alpha value is -3.69. The monoisotopic (exact) mass is 458 g/mol. The molecule has 1 fully saturated rings. The second kappa shape index (κ2) is 8.68. The summed E-state index contributed by atoms with van der Waals surface area (Å²) >= 11 is 0. The Morgan fingerprint density at radius 3 is 2.58 bits per heavy atom. The fourth-order valence-electron chi connectivity index (χ4n) is 3.95. The first-order valence-corrected chi connectivity index (χ1v) is 10.6. The van der Waals surface area contributed by atoms with Gasteiger partial charge in [-0.25, -0.2) is 4.98 Å². The van der Waals surface area contributed by atoms with Crippen LogP contribution < -0.4 is 24.8 Å². The summed E-state index contributed by atoms with van der Waals surface area (Å²) in [4.78, 5) is 9.14. The third-order valence-electron chi connectivity index (χ3n) is 5.42. The summed E-state index contributed by atoms with van der Waals surface area (Å²) in [7, 11) is 0. The van der Waals surface area contributed by atoms with E-state index in [0.29, 0.717) is 34.5 Å². The number of nitrogens with one attached hydrogen (secondary N) is 2. The summed E-state index contributed by atoms with van der Waals surface area (Å²) in [5.41, 5.74) is 1.66. The van der Waals surface area contributed by atoms with Gasteiger partial charge in [0.2, 0.25) is 12.7 Å². The molecule has 2 aliphatic rings. The van der Waals surface area contributed by atoms with Crippen LogP contribution in [0.2, 0.25) is 0 Å². The summed E-state index contributed by atoms with van der Waals surface area (Å²) < 4.78 is 52.9. The molecule has 0 radical (unpaired) electrons. The number of ether oxygens (including phenoxy) is 3. The lowest BCUT2D eigenvalue weighted by Crippen LogP contribution is -2.17. The molecule has 10 heteroatoms. The van der Waals surface area contributed by atoms with E-state index >= 15 is 0 Å². The molecule has 1 saturated carbocycles. The number of aromatic nitrogens is 2. The normalized spacial score (nSPS) is 15.5. The van der Waals surface area contributed by atoms with E-state index in [-0.39, 0.29) is 18.6 Å². The van der Waals surface area contributed by atoms with Crippen LogP contribution in [0.25, 0.3) is 11.3 Å². The smallest absolute Gasteiger partial charge is 0.454 e. The molecule has 0 amide bonds. The van der Waals surface area contributed by atoms with E-state index in [4.69, 9.17) is 9.47 Å². The lowest BCUT2D eigenvalue weighted by Gasteiger charge is -2.15. The highest BCUT2D eigenvalue weighted by molar-refractivity contribution is 5.69. The summed E-state index contributed by atoms with van der Waals surface area (Å²) in [6, 6.07) is 13.1. The molecule has 1 aliphatic heterocycles. The number of anilines is 3. The SMILES string of the molecule is FC(F)(F)Oc1cccc(-c2cc(Nc3ccc4c(c3)OCO4)nc(NC3CCCC3)n2)c1. The van der Waals surface area contributed by atoms with Crippen molar-refractivity contribution >= 4 is 17.5 Å². The minimum Gasteiger partial charge on any atom is -0.454 e. The van der Waals surface area contributed by atoms with Crippen LogP contribution in [0.1, 0.15) is 25.7 Å². The van der Waals surface area contributed by atoms with Crippen molar-refractivity contribution < 1.29 is 27.4 Å². The number of rotatable bonds is 6. The largest absolute Gasteiger partial charge is 0.573 e. The predicted molar refractivity (Wildman–Crippen MR) is 116 cm³/mol. The first-order chi connectivity index (χ1) is 15.9. The van der Waals surface area contributed by atoms with E-state index < -0.39 is 6.36 Å². The summed E-state index contributed by atoms with van der Waals surface area (Å²) in [5.74, 6) is 1.87. The number of hydrogen-bond donors (Lipinski definition) is 2. The molecule has 0 unspecified atom stereocenters. The molecule has 172 valence electrons. The van der Waals surface area contributed by atoms with E-state index in [1.54, 1.807) is 24.3 Å². The highest BCUT2D eigenvalue weighted by atomic mass is 19.4. The van der Waals surface area contributed by atoms with Gasteiger partial charge in [-0.05, 0) is 37.1 Å². The van der Waals surface area contributed by atoms with Crippen LogP contribution >= 0.6 is 0 Å². The molecule has 7 nitrogen and oxygen atoms in total. The predicted octanol–water partition coefficient (Wildman–Crippen LogP) is 5.87. The molecule has 1 aromatic heterocycles. The zero-order chi connectivity index (χ0) is 22.8. The average Bonchev–Trinajstić information content (AvgIpc) is 3.44. The number of nitrogens with zero attached hydrogens (tertiary/aromatic N) is 2. The van der Waals surface area contributed by atoms with Crippen molar-refractivity contribution in [1.82, 2.24) is 9.97 Å². The van der Waals surface area contributed by atoms with E-state index in [1.807, 2.05) is 6.07 Å². The van der Waals surface area contributed by atoms with E-state index in [1.165, 1.54) is 18.2 Å². The van der Waals surface area contributed by atoms with Crippen molar-refractivity contribution in [3.05, 3.63) is 48.5 Å². The Morgan fingerprint density at radius 1 is 0.939 bits per heavy atom. The van der Waals surface area contributed by atoms with Crippen molar-refractivity contribution in [3.63, 3.8) is 0 Å². The molecule has 0 saturated heterocycles. The van der Waals surface area contributed by atoms with E-state index in [9.17, 15) is 13.2 Å². The third-order valence-corrected chi connectivity index (χ3v) is 5.42. The van der Waals surface area contributed by atoms with Crippen LogP contribution in [0.5, 0.6) is 17.2 Å². The van der Waals surface area contributed by atoms with Gasteiger partial charge in [-0.3, -0.25) is 0 Å². The van der Waals surface area contributed by atoms with Crippen molar-refractivity contribution in [2.24, 2.45) is 0 Å². The Kier molecular flexibility index (Phi) is 5.57. The molecule has 0 bridgehead atoms. The molecule has 0 atom stereocenters. The fourth-order valence-corrected chi connectivity index (χ4v) is 3.95. The minimum atomic E-state index is -4.77. The van der Waals surface area contributed by atoms with Gasteiger partial charge in [0.15, 0.2) is 11.5 Å². The molecular formula is C23H21F3N4O3. The van der Waals surface area contributed by atoms with Crippen LogP contribution in [-0.2, 0) is 0 Å². The molecular weight excluding hydrogens is 437 g/mol. The number of fused-ring (bicyclic) bond motifs is 1. The van der Waals surface area contributed by atoms with Crippen molar-refractivity contribution in [2.45, 2.75) is 38.1 Å². The number of halogens is 3. The van der Waals surface area contributed by atoms with Gasteiger partial charge in [-0.2, -0.15) is 4.98 Å². The Bertz CT molecular complexity index is 1150. The van der Waals surface area contributed by atoms with Crippen LogP contribution in [0.4, 0.5) is 30.6 Å². The standard InChI is InChI=1S/C23H21F3N4O3/c24-23(25,26)33-17-7-3-4-14(10-17)18-12-21(30-22(29-18)28-15-5-1-2-6-15)27-16-8-9-19-20(11-16)32-13-31-19/h3-4,7-12,15H,1-2,5-6,13H2,(H2,27,28,29,30). The average molecular weight is 458 g/mol. The van der Waals surface area contributed by atoms with Gasteiger partial charge in [0, 0.05) is 29.4 Å². The zero-order valence-corrected chi connectivity index (χ0v) is 17.5. The van der Waals surface area contributed by atoms with Gasteiger partial charge in [-0.1, -0.05) is 25.0 Å². The van der Waals surface area contributed by atoms with Crippen LogP contribution in [0.15, 0.2) is 48.5 Å². The van der Waals surface area contributed by atoms with Crippen LogP contribution in [0, 0.1) is 0 Å². The first kappa shape index (κ1) is 21.2. The van der Waals surface area contributed by atoms with Gasteiger partial charge >= 0.3 is 6.36 Å². The molecule has 3 aromatic rings. The summed E-state index contributed by atoms with van der Waals surface area (Å²) in [5, 5.41) is 6.58. The third kappa shape index (κ3) is 5.21. The van der Waals surface area contributed by atoms with Crippen molar-refractivity contribution in [2.75, 3.05) is 17.4 Å². The fraction of sp³-hybridized carbons (Fsp3) is 0.304. The van der Waals surface area contributed by atoms with E-state index in [0.717, 1.165) is 31.4 Å². The number of benzene rings is 2. The molecule has 33 heavy (non-hydrogen) atoms. The molecule has 5 rings (SSSR count). The highest BCUT2D eigenvalue weighted by Gasteiger charge is 2.31. The van der Waals surface area contributed by atoms with Crippen LogP contribution in [-0.4, -0.2) is 29.2 Å². The Balaban J connectivity index is 1.47. The van der Waals surface area contributed by atoms with Crippen molar-refractivity contribution in [1.29, 1.82) is 0 Å². The molecule has 0 spiro atoms.